The molecular formula is C11H10FN. The van der Waals surface area contributed by atoms with Crippen LogP contribution >= 0.6 is 0 Å². The van der Waals surface area contributed by atoms with E-state index >= 15 is 0 Å². The van der Waals surface area contributed by atoms with Crippen LogP contribution in [0.3, 0.4) is 0 Å². The maximum Gasteiger partial charge on any atom is 0.125 e. The van der Waals surface area contributed by atoms with Crippen molar-refractivity contribution in [1.82, 2.24) is 0 Å². The maximum absolute atomic E-state index is 13.4. The van der Waals surface area contributed by atoms with Crippen LogP contribution in [-0.2, 0) is 6.42 Å². The minimum absolute atomic E-state index is 0.559. The van der Waals surface area contributed by atoms with E-state index in [4.69, 9.17) is 5.26 Å². The molecule has 0 spiro atoms. The Morgan fingerprint density at radius 3 is 3.08 bits per heavy atom. The van der Waals surface area contributed by atoms with Gasteiger partial charge < -0.3 is 0 Å². The number of fused-ring (bicyclic) bond motifs is 1. The molecule has 0 fully saturated rings. The number of rotatable bonds is 0. The van der Waals surface area contributed by atoms with E-state index in [1.807, 2.05) is 12.1 Å². The van der Waals surface area contributed by atoms with Gasteiger partial charge in [0.2, 0.25) is 0 Å². The Bertz CT molecular complexity index is 365. The lowest BCUT2D eigenvalue weighted by atomic mass is 9.89. The molecule has 1 aliphatic carbocycles. The second-order valence-electron chi connectivity index (χ2n) is 3.39. The van der Waals surface area contributed by atoms with Crippen molar-refractivity contribution >= 4 is 0 Å². The van der Waals surface area contributed by atoms with Crippen molar-refractivity contribution in [3.05, 3.63) is 34.9 Å². The molecule has 0 amide bonds. The van der Waals surface area contributed by atoms with E-state index < -0.39 is 6.17 Å². The summed E-state index contributed by atoms with van der Waals surface area (Å²) in [7, 11) is 0. The van der Waals surface area contributed by atoms with Crippen LogP contribution < -0.4 is 0 Å². The first-order valence-electron chi connectivity index (χ1n) is 4.48. The van der Waals surface area contributed by atoms with Crippen LogP contribution in [0.1, 0.15) is 35.7 Å². The van der Waals surface area contributed by atoms with Gasteiger partial charge in [0.25, 0.3) is 0 Å². The summed E-state index contributed by atoms with van der Waals surface area (Å²) >= 11 is 0. The minimum Gasteiger partial charge on any atom is -0.242 e. The highest BCUT2D eigenvalue weighted by Gasteiger charge is 2.19. The van der Waals surface area contributed by atoms with Gasteiger partial charge in [-0.1, -0.05) is 6.07 Å². The quantitative estimate of drug-likeness (QED) is 0.594. The van der Waals surface area contributed by atoms with E-state index in [-0.39, 0.29) is 0 Å². The van der Waals surface area contributed by atoms with Gasteiger partial charge in [0.05, 0.1) is 11.6 Å². The predicted molar refractivity (Wildman–Crippen MR) is 47.9 cm³/mol. The third kappa shape index (κ3) is 1.42. The first kappa shape index (κ1) is 8.25. The van der Waals surface area contributed by atoms with Crippen LogP contribution in [0.2, 0.25) is 0 Å². The molecule has 1 aromatic carbocycles. The molecule has 0 heterocycles. The fourth-order valence-electron chi connectivity index (χ4n) is 1.81. The van der Waals surface area contributed by atoms with Gasteiger partial charge in [-0.05, 0) is 42.5 Å². The highest BCUT2D eigenvalue weighted by Crippen LogP contribution is 2.32. The largest absolute Gasteiger partial charge is 0.242 e. The van der Waals surface area contributed by atoms with Crippen molar-refractivity contribution in [2.24, 2.45) is 0 Å². The standard InChI is InChI=1S/C11H10FN/c12-11-3-1-2-9-5-4-8(7-13)6-10(9)11/h4-6,11H,1-3H2. The molecule has 1 atom stereocenters. The summed E-state index contributed by atoms with van der Waals surface area (Å²) in [6.45, 7) is 0. The molecule has 66 valence electrons. The zero-order valence-electron chi connectivity index (χ0n) is 7.26. The average molecular weight is 175 g/mol. The van der Waals surface area contributed by atoms with Crippen LogP contribution in [0.5, 0.6) is 0 Å². The lowest BCUT2D eigenvalue weighted by molar-refractivity contribution is 0.302. The van der Waals surface area contributed by atoms with Crippen LogP contribution in [0.15, 0.2) is 18.2 Å². The van der Waals surface area contributed by atoms with Gasteiger partial charge in [-0.25, -0.2) is 4.39 Å². The van der Waals surface area contributed by atoms with E-state index in [0.717, 1.165) is 24.0 Å². The number of aryl methyl sites for hydroxylation is 1. The number of nitriles is 1. The second-order valence-corrected chi connectivity index (χ2v) is 3.39. The molecule has 1 nitrogen and oxygen atoms in total. The normalized spacial score (nSPS) is 20.5. The van der Waals surface area contributed by atoms with Gasteiger partial charge >= 0.3 is 0 Å². The van der Waals surface area contributed by atoms with E-state index in [2.05, 4.69) is 0 Å². The minimum atomic E-state index is -0.864. The summed E-state index contributed by atoms with van der Waals surface area (Å²) in [5, 5.41) is 8.65. The highest BCUT2D eigenvalue weighted by molar-refractivity contribution is 5.40. The van der Waals surface area contributed by atoms with Crippen molar-refractivity contribution in [3.8, 4) is 6.07 Å². The number of nitrogens with zero attached hydrogens (tertiary/aromatic N) is 1. The zero-order chi connectivity index (χ0) is 9.26. The van der Waals surface area contributed by atoms with Crippen molar-refractivity contribution in [2.75, 3.05) is 0 Å². The summed E-state index contributed by atoms with van der Waals surface area (Å²) in [5.74, 6) is 0. The first-order chi connectivity index (χ1) is 6.31. The topological polar surface area (TPSA) is 23.8 Å². The fraction of sp³-hybridized carbons (Fsp3) is 0.364. The molecule has 0 saturated carbocycles. The van der Waals surface area contributed by atoms with Crippen molar-refractivity contribution < 1.29 is 4.39 Å². The SMILES string of the molecule is N#Cc1ccc2c(c1)C(F)CCC2. The van der Waals surface area contributed by atoms with E-state index in [0.29, 0.717) is 12.0 Å². The smallest absolute Gasteiger partial charge is 0.125 e. The molecule has 0 N–H and O–H groups in total. The second kappa shape index (κ2) is 3.18. The van der Waals surface area contributed by atoms with Crippen LogP contribution in [0.25, 0.3) is 0 Å². The predicted octanol–water partition coefficient (Wildman–Crippen LogP) is 2.91. The van der Waals surface area contributed by atoms with E-state index in [9.17, 15) is 4.39 Å². The van der Waals surface area contributed by atoms with Crippen molar-refractivity contribution in [1.29, 1.82) is 5.26 Å². The Labute approximate surface area is 76.8 Å². The summed E-state index contributed by atoms with van der Waals surface area (Å²) in [6.07, 6.45) is 1.60. The van der Waals surface area contributed by atoms with Crippen molar-refractivity contribution in [3.63, 3.8) is 0 Å². The summed E-state index contributed by atoms with van der Waals surface area (Å²) in [6, 6.07) is 7.35. The average Bonchev–Trinajstić information content (AvgIpc) is 2.18. The molecule has 1 aromatic rings. The van der Waals surface area contributed by atoms with Gasteiger partial charge in [0, 0.05) is 0 Å². The number of halogens is 1. The molecule has 1 aliphatic rings. The maximum atomic E-state index is 13.4. The highest BCUT2D eigenvalue weighted by atomic mass is 19.1. The molecule has 2 rings (SSSR count). The van der Waals surface area contributed by atoms with Gasteiger partial charge in [-0.2, -0.15) is 5.26 Å². The molecule has 0 aliphatic heterocycles. The molecule has 0 aromatic heterocycles. The summed E-state index contributed by atoms with van der Waals surface area (Å²) < 4.78 is 13.4. The fourth-order valence-corrected chi connectivity index (χ4v) is 1.81. The number of alkyl halides is 1. The summed E-state index contributed by atoms with van der Waals surface area (Å²) in [5.41, 5.74) is 2.35. The molecule has 13 heavy (non-hydrogen) atoms. The Balaban J connectivity index is 2.48. The van der Waals surface area contributed by atoms with Gasteiger partial charge in [0.15, 0.2) is 0 Å². The lowest BCUT2D eigenvalue weighted by Gasteiger charge is -2.19. The molecule has 0 radical (unpaired) electrons. The zero-order valence-corrected chi connectivity index (χ0v) is 7.26. The van der Waals surface area contributed by atoms with Crippen molar-refractivity contribution in [2.45, 2.75) is 25.4 Å². The summed E-state index contributed by atoms with van der Waals surface area (Å²) in [4.78, 5) is 0. The molecule has 1 unspecified atom stereocenters. The molecule has 0 bridgehead atoms. The Morgan fingerprint density at radius 2 is 2.31 bits per heavy atom. The number of benzene rings is 1. The van der Waals surface area contributed by atoms with E-state index in [1.54, 1.807) is 12.1 Å². The van der Waals surface area contributed by atoms with Crippen LogP contribution in [-0.4, -0.2) is 0 Å². The number of hydrogen-bond donors (Lipinski definition) is 0. The van der Waals surface area contributed by atoms with Crippen LogP contribution in [0.4, 0.5) is 4.39 Å². The molecular weight excluding hydrogens is 165 g/mol. The van der Waals surface area contributed by atoms with Gasteiger partial charge in [-0.3, -0.25) is 0 Å². The van der Waals surface area contributed by atoms with Gasteiger partial charge in [0.1, 0.15) is 6.17 Å². The monoisotopic (exact) mass is 175 g/mol. The van der Waals surface area contributed by atoms with Gasteiger partial charge in [-0.15, -0.1) is 0 Å². The third-order valence-electron chi connectivity index (χ3n) is 2.52. The molecule has 2 heteroatoms. The number of hydrogen-bond acceptors (Lipinski definition) is 1. The third-order valence-corrected chi connectivity index (χ3v) is 2.52. The lowest BCUT2D eigenvalue weighted by Crippen LogP contribution is -2.05. The molecule has 0 saturated heterocycles. The Hall–Kier alpha value is -1.36. The first-order valence-corrected chi connectivity index (χ1v) is 4.48. The Morgan fingerprint density at radius 1 is 1.46 bits per heavy atom. The van der Waals surface area contributed by atoms with Crippen LogP contribution in [0, 0.1) is 11.3 Å². The van der Waals surface area contributed by atoms with E-state index in [1.165, 1.54) is 0 Å². The Kier molecular flexibility index (Phi) is 2.02.